The average Bonchev–Trinajstić information content (AvgIpc) is 3.30. The number of ether oxygens (including phenoxy) is 2. The van der Waals surface area contributed by atoms with Crippen molar-refractivity contribution in [2.45, 2.75) is 51.6 Å². The van der Waals surface area contributed by atoms with Gasteiger partial charge in [0.1, 0.15) is 11.8 Å². The third-order valence-corrected chi connectivity index (χ3v) is 6.56. The summed E-state index contributed by atoms with van der Waals surface area (Å²) in [5, 5.41) is 6.40. The molecule has 180 valence electrons. The van der Waals surface area contributed by atoms with E-state index in [1.165, 1.54) is 0 Å². The number of carbonyl (C=O) groups excluding carboxylic acids is 2. The summed E-state index contributed by atoms with van der Waals surface area (Å²) in [7, 11) is 1.64. The minimum atomic E-state index is -0.379. The molecule has 4 rings (SSSR count). The van der Waals surface area contributed by atoms with Gasteiger partial charge in [-0.2, -0.15) is 5.10 Å². The first-order valence-electron chi connectivity index (χ1n) is 12.0. The molecular weight excluding hydrogens is 430 g/mol. The molecule has 2 heterocycles. The molecule has 2 atom stereocenters. The number of esters is 1. The van der Waals surface area contributed by atoms with Crippen LogP contribution in [0.25, 0.3) is 0 Å². The molecule has 34 heavy (non-hydrogen) atoms. The van der Waals surface area contributed by atoms with Gasteiger partial charge in [-0.1, -0.05) is 48.4 Å². The number of likely N-dealkylation sites (tertiary alicyclic amines) is 1. The predicted octanol–water partition coefficient (Wildman–Crippen LogP) is 4.10. The van der Waals surface area contributed by atoms with Gasteiger partial charge in [-0.25, -0.2) is 5.01 Å². The summed E-state index contributed by atoms with van der Waals surface area (Å²) in [6, 6.07) is 15.4. The summed E-state index contributed by atoms with van der Waals surface area (Å²) in [5.74, 6) is 0.369. The molecule has 7 nitrogen and oxygen atoms in total. The summed E-state index contributed by atoms with van der Waals surface area (Å²) in [6.07, 6.45) is 3.22. The van der Waals surface area contributed by atoms with E-state index in [-0.39, 0.29) is 30.5 Å². The largest absolute Gasteiger partial charge is 0.496 e. The summed E-state index contributed by atoms with van der Waals surface area (Å²) in [4.78, 5) is 28.1. The van der Waals surface area contributed by atoms with Gasteiger partial charge < -0.3 is 9.47 Å². The Morgan fingerprint density at radius 2 is 1.85 bits per heavy atom. The van der Waals surface area contributed by atoms with E-state index in [1.807, 2.05) is 36.1 Å². The monoisotopic (exact) mass is 463 g/mol. The van der Waals surface area contributed by atoms with Crippen LogP contribution in [0.1, 0.15) is 55.3 Å². The molecule has 1 saturated heterocycles. The molecule has 0 radical (unpaired) electrons. The second-order valence-corrected chi connectivity index (χ2v) is 8.85. The van der Waals surface area contributed by atoms with Crippen LogP contribution < -0.4 is 4.74 Å². The Morgan fingerprint density at radius 3 is 2.59 bits per heavy atom. The number of para-hydroxylation sites is 1. The smallest absolute Gasteiger partial charge is 0.323 e. The number of amides is 1. The van der Waals surface area contributed by atoms with E-state index < -0.39 is 0 Å². The molecule has 0 aromatic heterocycles. The fourth-order valence-electron chi connectivity index (χ4n) is 4.77. The van der Waals surface area contributed by atoms with Gasteiger partial charge >= 0.3 is 5.97 Å². The van der Waals surface area contributed by atoms with Crippen LogP contribution in [0.5, 0.6) is 5.75 Å². The molecule has 2 aliphatic rings. The van der Waals surface area contributed by atoms with Crippen molar-refractivity contribution in [3.05, 3.63) is 65.2 Å². The van der Waals surface area contributed by atoms with Crippen molar-refractivity contribution in [2.75, 3.05) is 26.8 Å². The van der Waals surface area contributed by atoms with Crippen molar-refractivity contribution >= 4 is 17.6 Å². The minimum Gasteiger partial charge on any atom is -0.496 e. The number of hydrogen-bond acceptors (Lipinski definition) is 6. The van der Waals surface area contributed by atoms with Crippen LogP contribution in [0, 0.1) is 6.92 Å². The number of hydrazone groups is 1. The third kappa shape index (κ3) is 5.14. The number of hydrogen-bond donors (Lipinski definition) is 0. The number of methoxy groups -OCH3 is 1. The van der Waals surface area contributed by atoms with Gasteiger partial charge in [0.15, 0.2) is 0 Å². The van der Waals surface area contributed by atoms with Crippen molar-refractivity contribution in [1.82, 2.24) is 9.91 Å². The van der Waals surface area contributed by atoms with E-state index in [2.05, 4.69) is 24.3 Å². The van der Waals surface area contributed by atoms with E-state index in [0.29, 0.717) is 26.0 Å². The van der Waals surface area contributed by atoms with Gasteiger partial charge in [0.2, 0.25) is 0 Å². The van der Waals surface area contributed by atoms with Crippen LogP contribution in [0.3, 0.4) is 0 Å². The Balaban J connectivity index is 1.62. The molecular formula is C27H33N3O4. The normalized spacial score (nSPS) is 20.7. The van der Waals surface area contributed by atoms with Crippen LogP contribution in [-0.2, 0) is 14.3 Å². The maximum Gasteiger partial charge on any atom is 0.323 e. The Hall–Kier alpha value is -3.19. The van der Waals surface area contributed by atoms with Crippen molar-refractivity contribution in [1.29, 1.82) is 0 Å². The lowest BCUT2D eigenvalue weighted by atomic mass is 9.97. The van der Waals surface area contributed by atoms with Crippen LogP contribution in [0.4, 0.5) is 0 Å². The summed E-state index contributed by atoms with van der Waals surface area (Å²) < 4.78 is 10.8. The average molecular weight is 464 g/mol. The van der Waals surface area contributed by atoms with Gasteiger partial charge in [0.05, 0.1) is 32.0 Å². The highest BCUT2D eigenvalue weighted by atomic mass is 16.5. The molecule has 0 N–H and O–H groups in total. The maximum atomic E-state index is 13.6. The van der Waals surface area contributed by atoms with E-state index in [4.69, 9.17) is 14.6 Å². The lowest BCUT2D eigenvalue weighted by Crippen LogP contribution is -2.49. The summed E-state index contributed by atoms with van der Waals surface area (Å²) >= 11 is 0. The number of aryl methyl sites for hydroxylation is 1. The van der Waals surface area contributed by atoms with E-state index in [9.17, 15) is 9.59 Å². The number of nitrogens with zero attached hydrogens (tertiary/aromatic N) is 3. The Kier molecular flexibility index (Phi) is 7.63. The van der Waals surface area contributed by atoms with Crippen molar-refractivity contribution in [3.8, 4) is 5.75 Å². The van der Waals surface area contributed by atoms with Gasteiger partial charge in [-0.3, -0.25) is 14.5 Å². The van der Waals surface area contributed by atoms with E-state index in [0.717, 1.165) is 41.0 Å². The zero-order valence-corrected chi connectivity index (χ0v) is 20.2. The third-order valence-electron chi connectivity index (χ3n) is 6.56. The molecule has 0 bridgehead atoms. The number of piperidine rings is 1. The summed E-state index contributed by atoms with van der Waals surface area (Å²) in [5.41, 5.74) is 3.90. The Bertz CT molecular complexity index is 1050. The first-order valence-corrected chi connectivity index (χ1v) is 12.0. The molecule has 0 aliphatic carbocycles. The molecule has 1 fully saturated rings. The fourth-order valence-corrected chi connectivity index (χ4v) is 4.77. The SMILES string of the molecule is CCOC(=O)C1CCCCN1CC(=O)N1N=C(c2ccccc2OC)CC1c1ccc(C)cc1. The molecule has 7 heteroatoms. The Morgan fingerprint density at radius 1 is 1.09 bits per heavy atom. The highest BCUT2D eigenvalue weighted by molar-refractivity contribution is 6.05. The molecule has 2 aliphatic heterocycles. The molecule has 2 aromatic carbocycles. The number of carbonyl (C=O) groups is 2. The van der Waals surface area contributed by atoms with E-state index in [1.54, 1.807) is 19.0 Å². The van der Waals surface area contributed by atoms with E-state index >= 15 is 0 Å². The second-order valence-electron chi connectivity index (χ2n) is 8.85. The topological polar surface area (TPSA) is 71.4 Å². The zero-order valence-electron chi connectivity index (χ0n) is 20.2. The Labute approximate surface area is 201 Å². The zero-order chi connectivity index (χ0) is 24.1. The first-order chi connectivity index (χ1) is 16.5. The van der Waals surface area contributed by atoms with Gasteiger partial charge in [-0.15, -0.1) is 0 Å². The van der Waals surface area contributed by atoms with Crippen LogP contribution in [-0.4, -0.2) is 60.3 Å². The number of rotatable bonds is 7. The summed E-state index contributed by atoms with van der Waals surface area (Å²) in [6.45, 7) is 5.02. The molecule has 1 amide bonds. The molecule has 2 aromatic rings. The first kappa shape index (κ1) is 24.0. The van der Waals surface area contributed by atoms with Crippen molar-refractivity contribution in [3.63, 3.8) is 0 Å². The molecule has 2 unspecified atom stereocenters. The highest BCUT2D eigenvalue weighted by Crippen LogP contribution is 2.35. The quantitative estimate of drug-likeness (QED) is 0.578. The maximum absolute atomic E-state index is 13.6. The van der Waals surface area contributed by atoms with Crippen LogP contribution in [0.15, 0.2) is 53.6 Å². The standard InChI is InChI=1S/C27H33N3O4/c1-4-34-27(32)23-10-7-8-16-29(23)18-26(31)30-24(20-14-12-19(2)13-15-20)17-22(28-30)21-9-5-6-11-25(21)33-3/h5-6,9,11-15,23-24H,4,7-8,10,16-18H2,1-3H3. The van der Waals surface area contributed by atoms with Crippen LogP contribution in [0.2, 0.25) is 0 Å². The number of benzene rings is 2. The predicted molar refractivity (Wildman–Crippen MR) is 131 cm³/mol. The van der Waals surface area contributed by atoms with Gasteiger partial charge in [-0.05, 0) is 50.9 Å². The molecule has 0 saturated carbocycles. The molecule has 0 spiro atoms. The highest BCUT2D eigenvalue weighted by Gasteiger charge is 2.37. The van der Waals surface area contributed by atoms with Crippen molar-refractivity contribution in [2.24, 2.45) is 5.10 Å². The van der Waals surface area contributed by atoms with Crippen molar-refractivity contribution < 1.29 is 19.1 Å². The fraction of sp³-hybridized carbons (Fsp3) is 0.444. The van der Waals surface area contributed by atoms with Gasteiger partial charge in [0, 0.05) is 12.0 Å². The van der Waals surface area contributed by atoms with Gasteiger partial charge in [0.25, 0.3) is 5.91 Å². The minimum absolute atomic E-state index is 0.119. The lowest BCUT2D eigenvalue weighted by molar-refractivity contribution is -0.152. The van der Waals surface area contributed by atoms with Crippen LogP contribution >= 0.6 is 0 Å². The lowest BCUT2D eigenvalue weighted by Gasteiger charge is -2.34. The second kappa shape index (κ2) is 10.8.